The molecule has 6 heteroatoms. The molecule has 27 heavy (non-hydrogen) atoms. The van der Waals surface area contributed by atoms with Crippen molar-refractivity contribution < 1.29 is 14.3 Å². The van der Waals surface area contributed by atoms with Crippen LogP contribution in [0.1, 0.15) is 20.8 Å². The van der Waals surface area contributed by atoms with E-state index in [2.05, 4.69) is 42.2 Å². The number of carbonyl (C=O) groups is 1. The van der Waals surface area contributed by atoms with Gasteiger partial charge in [-0.2, -0.15) is 0 Å². The summed E-state index contributed by atoms with van der Waals surface area (Å²) in [6.07, 6.45) is 1.61. The Hall–Kier alpha value is -2.86. The van der Waals surface area contributed by atoms with Gasteiger partial charge >= 0.3 is 0 Å². The summed E-state index contributed by atoms with van der Waals surface area (Å²) in [5.74, 6) is 1.39. The highest BCUT2D eigenvalue weighted by Crippen LogP contribution is 2.38. The third kappa shape index (κ3) is 3.53. The summed E-state index contributed by atoms with van der Waals surface area (Å²) in [7, 11) is 1.64. The predicted molar refractivity (Wildman–Crippen MR) is 106 cm³/mol. The lowest BCUT2D eigenvalue weighted by molar-refractivity contribution is 0.0737. The van der Waals surface area contributed by atoms with Crippen LogP contribution in [0.25, 0.3) is 11.1 Å². The Bertz CT molecular complexity index is 952. The number of aryl methyl sites for hydroxylation is 1. The predicted octanol–water partition coefficient (Wildman–Crippen LogP) is 4.16. The number of carbonyl (C=O) groups excluding carboxylic acids is 1. The molecule has 1 aliphatic rings. The monoisotopic (exact) mass is 380 g/mol. The number of hydrogen-bond acceptors (Lipinski definition) is 5. The number of thiazole rings is 1. The van der Waals surface area contributed by atoms with Crippen LogP contribution >= 0.6 is 11.3 Å². The fourth-order valence-electron chi connectivity index (χ4n) is 3.20. The zero-order valence-corrected chi connectivity index (χ0v) is 16.1. The van der Waals surface area contributed by atoms with E-state index in [9.17, 15) is 4.79 Å². The zero-order chi connectivity index (χ0) is 18.8. The summed E-state index contributed by atoms with van der Waals surface area (Å²) in [5, 5.41) is 0. The van der Waals surface area contributed by atoms with Crippen LogP contribution in [0.5, 0.6) is 11.5 Å². The van der Waals surface area contributed by atoms with Crippen molar-refractivity contribution >= 4 is 17.2 Å². The Morgan fingerprint density at radius 2 is 2.04 bits per heavy atom. The third-order valence-electron chi connectivity index (χ3n) is 4.64. The van der Waals surface area contributed by atoms with E-state index in [0.717, 1.165) is 16.7 Å². The number of aromatic nitrogens is 1. The van der Waals surface area contributed by atoms with Gasteiger partial charge < -0.3 is 14.4 Å². The molecule has 138 valence electrons. The Morgan fingerprint density at radius 1 is 1.22 bits per heavy atom. The number of ether oxygens (including phenoxy) is 2. The van der Waals surface area contributed by atoms with Gasteiger partial charge in [0.1, 0.15) is 11.5 Å². The molecule has 0 aliphatic carbocycles. The second-order valence-corrected chi connectivity index (χ2v) is 7.36. The third-order valence-corrected chi connectivity index (χ3v) is 5.40. The molecule has 0 bridgehead atoms. The minimum absolute atomic E-state index is 0.0198. The molecule has 0 saturated heterocycles. The minimum Gasteiger partial charge on any atom is -0.493 e. The summed E-state index contributed by atoms with van der Waals surface area (Å²) in [6, 6.07) is 12.4. The highest BCUT2D eigenvalue weighted by molar-refractivity contribution is 7.11. The number of methoxy groups -OCH3 is 1. The largest absolute Gasteiger partial charge is 0.493 e. The summed E-state index contributed by atoms with van der Waals surface area (Å²) in [4.78, 5) is 19.2. The van der Waals surface area contributed by atoms with Gasteiger partial charge in [-0.25, -0.2) is 0 Å². The van der Waals surface area contributed by atoms with Gasteiger partial charge in [0.05, 0.1) is 25.4 Å². The first-order valence-corrected chi connectivity index (χ1v) is 9.62. The van der Waals surface area contributed by atoms with Crippen LogP contribution in [0.15, 0.2) is 48.1 Å². The van der Waals surface area contributed by atoms with E-state index < -0.39 is 0 Å². The standard InChI is InChI=1S/C21H20N2O3S/c1-14-3-5-15(6-4-14)16-9-17-12-23(21(24)19-11-22-13-27-19)7-8-26-20(17)18(10-16)25-2/h3-6,9-11,13H,7-8,12H2,1-2H3. The Morgan fingerprint density at radius 3 is 2.74 bits per heavy atom. The van der Waals surface area contributed by atoms with Gasteiger partial charge in [-0.1, -0.05) is 29.8 Å². The SMILES string of the molecule is COc1cc(-c2ccc(C)cc2)cc2c1OCCN(C(=O)c1cncs1)C2. The van der Waals surface area contributed by atoms with Crippen LogP contribution in [-0.4, -0.2) is 36.1 Å². The lowest BCUT2D eigenvalue weighted by atomic mass is 10.0. The molecular weight excluding hydrogens is 360 g/mol. The molecule has 5 nitrogen and oxygen atoms in total. The second-order valence-electron chi connectivity index (χ2n) is 6.47. The maximum atomic E-state index is 12.8. The quantitative estimate of drug-likeness (QED) is 0.685. The summed E-state index contributed by atoms with van der Waals surface area (Å²) in [6.45, 7) is 3.49. The van der Waals surface area contributed by atoms with Crippen molar-refractivity contribution in [1.82, 2.24) is 9.88 Å². The summed E-state index contributed by atoms with van der Waals surface area (Å²) in [5.41, 5.74) is 5.98. The molecule has 3 aromatic rings. The first-order valence-electron chi connectivity index (χ1n) is 8.74. The van der Waals surface area contributed by atoms with Gasteiger partial charge in [-0.05, 0) is 30.2 Å². The lowest BCUT2D eigenvalue weighted by Crippen LogP contribution is -2.31. The molecule has 0 radical (unpaired) electrons. The van der Waals surface area contributed by atoms with Gasteiger partial charge in [0.15, 0.2) is 11.5 Å². The molecule has 0 N–H and O–H groups in total. The van der Waals surface area contributed by atoms with E-state index in [0.29, 0.717) is 36.1 Å². The maximum Gasteiger partial charge on any atom is 0.265 e. The fourth-order valence-corrected chi connectivity index (χ4v) is 3.79. The lowest BCUT2D eigenvalue weighted by Gasteiger charge is -2.19. The molecule has 0 spiro atoms. The molecule has 0 fully saturated rings. The van der Waals surface area contributed by atoms with Gasteiger partial charge in [0.2, 0.25) is 0 Å². The first-order chi connectivity index (χ1) is 13.2. The summed E-state index contributed by atoms with van der Waals surface area (Å²) < 4.78 is 11.5. The topological polar surface area (TPSA) is 51.7 Å². The number of rotatable bonds is 3. The molecule has 0 unspecified atom stereocenters. The highest BCUT2D eigenvalue weighted by atomic mass is 32.1. The zero-order valence-electron chi connectivity index (χ0n) is 15.3. The summed E-state index contributed by atoms with van der Waals surface area (Å²) >= 11 is 1.35. The molecule has 0 atom stereocenters. The van der Waals surface area contributed by atoms with Crippen LogP contribution in [0.3, 0.4) is 0 Å². The molecule has 2 heterocycles. The second kappa shape index (κ2) is 7.40. The molecule has 1 aliphatic heterocycles. The van der Waals surface area contributed by atoms with E-state index in [4.69, 9.17) is 9.47 Å². The van der Waals surface area contributed by atoms with E-state index in [1.165, 1.54) is 16.9 Å². The number of hydrogen-bond donors (Lipinski definition) is 0. The molecular formula is C21H20N2O3S. The Kier molecular flexibility index (Phi) is 4.81. The first kappa shape index (κ1) is 17.5. The number of nitrogens with zero attached hydrogens (tertiary/aromatic N) is 2. The van der Waals surface area contributed by atoms with Gasteiger partial charge in [0, 0.05) is 12.1 Å². The maximum absolute atomic E-state index is 12.8. The van der Waals surface area contributed by atoms with Crippen molar-refractivity contribution in [3.63, 3.8) is 0 Å². The normalized spacial score (nSPS) is 13.5. The molecule has 1 aromatic heterocycles. The average molecular weight is 380 g/mol. The van der Waals surface area contributed by atoms with Crippen molar-refractivity contribution in [2.24, 2.45) is 0 Å². The minimum atomic E-state index is -0.0198. The van der Waals surface area contributed by atoms with E-state index in [-0.39, 0.29) is 5.91 Å². The van der Waals surface area contributed by atoms with Crippen molar-refractivity contribution in [2.75, 3.05) is 20.3 Å². The molecule has 2 aromatic carbocycles. The van der Waals surface area contributed by atoms with E-state index >= 15 is 0 Å². The highest BCUT2D eigenvalue weighted by Gasteiger charge is 2.24. The number of amides is 1. The molecule has 4 rings (SSSR count). The van der Waals surface area contributed by atoms with E-state index in [1.54, 1.807) is 23.7 Å². The van der Waals surface area contributed by atoms with Crippen molar-refractivity contribution in [2.45, 2.75) is 13.5 Å². The molecule has 1 amide bonds. The van der Waals surface area contributed by atoms with Crippen LogP contribution in [0.4, 0.5) is 0 Å². The smallest absolute Gasteiger partial charge is 0.265 e. The van der Waals surface area contributed by atoms with Gasteiger partial charge in [0.25, 0.3) is 5.91 Å². The van der Waals surface area contributed by atoms with Crippen LogP contribution < -0.4 is 9.47 Å². The fraction of sp³-hybridized carbons (Fsp3) is 0.238. The van der Waals surface area contributed by atoms with Gasteiger partial charge in [-0.15, -0.1) is 11.3 Å². The van der Waals surface area contributed by atoms with Crippen molar-refractivity contribution in [3.8, 4) is 22.6 Å². The van der Waals surface area contributed by atoms with Crippen LogP contribution in [-0.2, 0) is 6.54 Å². The number of benzene rings is 2. The van der Waals surface area contributed by atoms with Crippen LogP contribution in [0.2, 0.25) is 0 Å². The number of fused-ring (bicyclic) bond motifs is 1. The Balaban J connectivity index is 1.72. The average Bonchev–Trinajstić information content (AvgIpc) is 3.14. The van der Waals surface area contributed by atoms with Crippen molar-refractivity contribution in [3.05, 3.63) is 64.1 Å². The Labute approximate surface area is 162 Å². The van der Waals surface area contributed by atoms with Gasteiger partial charge in [-0.3, -0.25) is 9.78 Å². The van der Waals surface area contributed by atoms with E-state index in [1.807, 2.05) is 6.07 Å². The molecule has 0 saturated carbocycles. The van der Waals surface area contributed by atoms with Crippen molar-refractivity contribution in [1.29, 1.82) is 0 Å². The van der Waals surface area contributed by atoms with Crippen LogP contribution in [0, 0.1) is 6.92 Å².